The number of quaternary nitrogens is 1. The van der Waals surface area contributed by atoms with Crippen LogP contribution in [0.2, 0.25) is 0 Å². The Balaban J connectivity index is 1.57. The first kappa shape index (κ1) is 16.7. The van der Waals surface area contributed by atoms with Gasteiger partial charge in [-0.3, -0.25) is 0 Å². The Kier molecular flexibility index (Phi) is 4.39. The van der Waals surface area contributed by atoms with Crippen molar-refractivity contribution >= 4 is 11.0 Å². The first-order valence-corrected chi connectivity index (χ1v) is 8.88. The molecule has 1 atom stereocenters. The second-order valence-electron chi connectivity index (χ2n) is 6.77. The Labute approximate surface area is 151 Å². The summed E-state index contributed by atoms with van der Waals surface area (Å²) in [6.45, 7) is 3.94. The van der Waals surface area contributed by atoms with Crippen LogP contribution in [0.15, 0.2) is 51.7 Å². The molecular weight excluding hydrogens is 330 g/mol. The highest BCUT2D eigenvalue weighted by atomic mass is 16.7. The molecule has 0 fully saturated rings. The summed E-state index contributed by atoms with van der Waals surface area (Å²) in [5.41, 5.74) is 3.72. The topological polar surface area (TPSA) is 53.1 Å². The number of ether oxygens (including phenoxy) is 2. The van der Waals surface area contributed by atoms with Crippen LogP contribution in [0.4, 0.5) is 0 Å². The fourth-order valence-electron chi connectivity index (χ4n) is 3.43. The Morgan fingerprint density at radius 3 is 2.62 bits per heavy atom. The van der Waals surface area contributed by atoms with E-state index < -0.39 is 0 Å². The Morgan fingerprint density at radius 2 is 1.77 bits per heavy atom. The van der Waals surface area contributed by atoms with E-state index in [4.69, 9.17) is 13.9 Å². The number of benzene rings is 2. The third-order valence-electron chi connectivity index (χ3n) is 4.74. The molecule has 1 aromatic heterocycles. The summed E-state index contributed by atoms with van der Waals surface area (Å²) in [4.78, 5) is 13.2. The number of hydrogen-bond donors (Lipinski definition) is 1. The average molecular weight is 352 g/mol. The zero-order chi connectivity index (χ0) is 18.1. The summed E-state index contributed by atoms with van der Waals surface area (Å²) in [7, 11) is 2.12. The first-order valence-electron chi connectivity index (χ1n) is 8.88. The molecule has 1 aliphatic rings. The number of aryl methyl sites for hydroxylation is 1. The predicted octanol–water partition coefficient (Wildman–Crippen LogP) is 2.30. The lowest BCUT2D eigenvalue weighted by Crippen LogP contribution is -3.06. The van der Waals surface area contributed by atoms with Crippen molar-refractivity contribution in [3.05, 3.63) is 69.6 Å². The number of rotatable bonds is 5. The van der Waals surface area contributed by atoms with E-state index in [9.17, 15) is 4.79 Å². The Morgan fingerprint density at radius 1 is 0.962 bits per heavy atom. The second kappa shape index (κ2) is 6.84. The minimum atomic E-state index is -0.295. The first-order chi connectivity index (χ1) is 12.6. The average Bonchev–Trinajstić information content (AvgIpc) is 3.08. The van der Waals surface area contributed by atoms with E-state index in [1.807, 2.05) is 18.2 Å². The van der Waals surface area contributed by atoms with Crippen LogP contribution in [0.1, 0.15) is 23.6 Å². The standard InChI is InChI=1S/C21H21NO4/c1-3-14-4-6-17-16(10-21(23)26-19(17)8-14)12-22(2)11-15-5-7-18-20(9-15)25-13-24-18/h4-10H,3,11-13H2,1-2H3/p+1. The van der Waals surface area contributed by atoms with Gasteiger partial charge in [0.2, 0.25) is 6.79 Å². The molecule has 0 bridgehead atoms. The number of nitrogens with one attached hydrogen (secondary N) is 1. The van der Waals surface area contributed by atoms with E-state index in [0.717, 1.165) is 42.0 Å². The molecule has 26 heavy (non-hydrogen) atoms. The molecule has 2 heterocycles. The summed E-state index contributed by atoms with van der Waals surface area (Å²) in [6.07, 6.45) is 0.916. The molecule has 1 aliphatic heterocycles. The van der Waals surface area contributed by atoms with E-state index in [2.05, 4.69) is 32.2 Å². The van der Waals surface area contributed by atoms with Crippen LogP contribution in [0.5, 0.6) is 11.5 Å². The van der Waals surface area contributed by atoms with Gasteiger partial charge >= 0.3 is 5.63 Å². The van der Waals surface area contributed by atoms with Crippen molar-refractivity contribution in [2.45, 2.75) is 26.4 Å². The van der Waals surface area contributed by atoms with Gasteiger partial charge in [-0.15, -0.1) is 0 Å². The molecule has 134 valence electrons. The lowest BCUT2D eigenvalue weighted by molar-refractivity contribution is -0.907. The molecule has 0 aliphatic carbocycles. The van der Waals surface area contributed by atoms with Crippen molar-refractivity contribution in [2.24, 2.45) is 0 Å². The van der Waals surface area contributed by atoms with Gasteiger partial charge in [0.05, 0.1) is 7.05 Å². The van der Waals surface area contributed by atoms with Gasteiger partial charge in [0.25, 0.3) is 0 Å². The molecule has 0 radical (unpaired) electrons. The van der Waals surface area contributed by atoms with Gasteiger partial charge in [-0.1, -0.05) is 19.1 Å². The van der Waals surface area contributed by atoms with Crippen LogP contribution in [0.25, 0.3) is 11.0 Å². The highest BCUT2D eigenvalue weighted by Gasteiger charge is 2.16. The minimum absolute atomic E-state index is 0.285. The molecule has 0 amide bonds. The fraction of sp³-hybridized carbons (Fsp3) is 0.286. The Bertz CT molecular complexity index is 1010. The van der Waals surface area contributed by atoms with Crippen LogP contribution in [-0.2, 0) is 19.5 Å². The van der Waals surface area contributed by atoms with Crippen molar-refractivity contribution in [3.63, 3.8) is 0 Å². The van der Waals surface area contributed by atoms with Gasteiger partial charge in [-0.05, 0) is 36.2 Å². The van der Waals surface area contributed by atoms with Gasteiger partial charge in [0.1, 0.15) is 18.7 Å². The predicted molar refractivity (Wildman–Crippen MR) is 98.7 cm³/mol. The van der Waals surface area contributed by atoms with Crippen molar-refractivity contribution in [2.75, 3.05) is 13.8 Å². The summed E-state index contributed by atoms with van der Waals surface area (Å²) >= 11 is 0. The smallest absolute Gasteiger partial charge is 0.336 e. The van der Waals surface area contributed by atoms with Gasteiger partial charge in [-0.25, -0.2) is 4.79 Å². The monoisotopic (exact) mass is 352 g/mol. The molecule has 0 spiro atoms. The minimum Gasteiger partial charge on any atom is -0.454 e. The zero-order valence-corrected chi connectivity index (χ0v) is 15.0. The zero-order valence-electron chi connectivity index (χ0n) is 15.0. The van der Waals surface area contributed by atoms with Crippen molar-refractivity contribution < 1.29 is 18.8 Å². The molecule has 5 nitrogen and oxygen atoms in total. The van der Waals surface area contributed by atoms with Crippen molar-refractivity contribution in [1.29, 1.82) is 0 Å². The van der Waals surface area contributed by atoms with Gasteiger partial charge in [-0.2, -0.15) is 0 Å². The number of fused-ring (bicyclic) bond motifs is 2. The lowest BCUT2D eigenvalue weighted by Gasteiger charge is -2.15. The fourth-order valence-corrected chi connectivity index (χ4v) is 3.43. The highest BCUT2D eigenvalue weighted by Crippen LogP contribution is 2.32. The van der Waals surface area contributed by atoms with Crippen LogP contribution in [0.3, 0.4) is 0 Å². The summed E-state index contributed by atoms with van der Waals surface area (Å²) in [5, 5.41) is 1.01. The van der Waals surface area contributed by atoms with Crippen LogP contribution in [-0.4, -0.2) is 13.8 Å². The molecule has 1 N–H and O–H groups in total. The molecule has 0 saturated heterocycles. The largest absolute Gasteiger partial charge is 0.454 e. The SMILES string of the molecule is CCc1ccc2c(C[NH+](C)Cc3ccc4c(c3)OCO4)cc(=O)oc2c1. The molecule has 3 aromatic rings. The summed E-state index contributed by atoms with van der Waals surface area (Å²) in [6, 6.07) is 13.8. The molecule has 1 unspecified atom stereocenters. The molecule has 5 heteroatoms. The quantitative estimate of drug-likeness (QED) is 0.716. The van der Waals surface area contributed by atoms with Crippen molar-refractivity contribution in [3.8, 4) is 11.5 Å². The third kappa shape index (κ3) is 3.30. The summed E-state index contributed by atoms with van der Waals surface area (Å²) < 4.78 is 16.2. The van der Waals surface area contributed by atoms with Crippen LogP contribution < -0.4 is 20.0 Å². The van der Waals surface area contributed by atoms with Crippen LogP contribution >= 0.6 is 0 Å². The lowest BCUT2D eigenvalue weighted by atomic mass is 10.1. The summed E-state index contributed by atoms with van der Waals surface area (Å²) in [5.74, 6) is 1.60. The van der Waals surface area contributed by atoms with Crippen molar-refractivity contribution in [1.82, 2.24) is 0 Å². The van der Waals surface area contributed by atoms with Crippen LogP contribution in [0, 0.1) is 0 Å². The van der Waals surface area contributed by atoms with Gasteiger partial charge < -0.3 is 18.8 Å². The van der Waals surface area contributed by atoms with E-state index in [0.29, 0.717) is 5.58 Å². The Hall–Kier alpha value is -2.79. The van der Waals surface area contributed by atoms with E-state index in [1.54, 1.807) is 6.07 Å². The number of hydrogen-bond acceptors (Lipinski definition) is 4. The van der Waals surface area contributed by atoms with Gasteiger partial charge in [0.15, 0.2) is 11.5 Å². The molecular formula is C21H22NO4+. The molecule has 2 aromatic carbocycles. The second-order valence-corrected chi connectivity index (χ2v) is 6.77. The van der Waals surface area contributed by atoms with E-state index in [1.165, 1.54) is 16.0 Å². The normalized spacial score (nSPS) is 13.9. The maximum absolute atomic E-state index is 12.0. The molecule has 0 saturated carbocycles. The molecule has 4 rings (SSSR count). The highest BCUT2D eigenvalue weighted by molar-refractivity contribution is 5.80. The van der Waals surface area contributed by atoms with E-state index in [-0.39, 0.29) is 12.4 Å². The third-order valence-corrected chi connectivity index (χ3v) is 4.74. The van der Waals surface area contributed by atoms with Gasteiger partial charge in [0, 0.05) is 22.6 Å². The maximum Gasteiger partial charge on any atom is 0.336 e. The maximum atomic E-state index is 12.0. The van der Waals surface area contributed by atoms with E-state index >= 15 is 0 Å².